The van der Waals surface area contributed by atoms with E-state index in [4.69, 9.17) is 9.47 Å². The van der Waals surface area contributed by atoms with Gasteiger partial charge >= 0.3 is 0 Å². The first-order valence-corrected chi connectivity index (χ1v) is 6.20. The second-order valence-corrected chi connectivity index (χ2v) is 4.05. The number of aromatic nitrogens is 1. The summed E-state index contributed by atoms with van der Waals surface area (Å²) in [6, 6.07) is 8.54. The van der Waals surface area contributed by atoms with Crippen molar-refractivity contribution in [3.63, 3.8) is 0 Å². The molecule has 6 heteroatoms. The second-order valence-electron chi connectivity index (χ2n) is 4.05. The number of rotatable bonds is 5. The fourth-order valence-electron chi connectivity index (χ4n) is 1.67. The molecule has 1 aromatic heterocycles. The van der Waals surface area contributed by atoms with Gasteiger partial charge in [-0.3, -0.25) is 9.78 Å². The van der Waals surface area contributed by atoms with Crippen molar-refractivity contribution in [2.75, 3.05) is 14.2 Å². The van der Waals surface area contributed by atoms with Gasteiger partial charge in [0.1, 0.15) is 11.5 Å². The van der Waals surface area contributed by atoms with Crippen LogP contribution >= 0.6 is 0 Å². The zero-order valence-corrected chi connectivity index (χ0v) is 11.7. The molecule has 108 valence electrons. The lowest BCUT2D eigenvalue weighted by atomic mass is 10.2. The van der Waals surface area contributed by atoms with E-state index < -0.39 is 0 Å². The molecule has 21 heavy (non-hydrogen) atoms. The van der Waals surface area contributed by atoms with Crippen molar-refractivity contribution in [2.24, 2.45) is 5.10 Å². The molecule has 0 spiro atoms. The Balaban J connectivity index is 2.11. The van der Waals surface area contributed by atoms with E-state index in [2.05, 4.69) is 15.5 Å². The maximum Gasteiger partial charge on any atom is 0.275 e. The number of hydrazone groups is 1. The van der Waals surface area contributed by atoms with Crippen molar-refractivity contribution in [3.05, 3.63) is 53.9 Å². The minimum Gasteiger partial charge on any atom is -0.497 e. The van der Waals surface area contributed by atoms with Crippen molar-refractivity contribution in [1.29, 1.82) is 0 Å². The van der Waals surface area contributed by atoms with Crippen LogP contribution in [0, 0.1) is 0 Å². The van der Waals surface area contributed by atoms with Gasteiger partial charge < -0.3 is 9.47 Å². The Hall–Kier alpha value is -2.89. The molecular weight excluding hydrogens is 270 g/mol. The van der Waals surface area contributed by atoms with Gasteiger partial charge in [0, 0.05) is 12.4 Å². The van der Waals surface area contributed by atoms with E-state index in [0.717, 1.165) is 5.56 Å². The third kappa shape index (κ3) is 3.79. The van der Waals surface area contributed by atoms with Gasteiger partial charge in [-0.25, -0.2) is 5.43 Å². The van der Waals surface area contributed by atoms with Gasteiger partial charge in [0.15, 0.2) is 0 Å². The summed E-state index contributed by atoms with van der Waals surface area (Å²) in [5.74, 6) is 0.641. The number of nitrogens with zero attached hydrogens (tertiary/aromatic N) is 2. The maximum absolute atomic E-state index is 12.1. The molecule has 0 radical (unpaired) electrons. The van der Waals surface area contributed by atoms with E-state index >= 15 is 0 Å². The summed E-state index contributed by atoms with van der Waals surface area (Å²) < 4.78 is 10.3. The van der Waals surface area contributed by atoms with E-state index in [-0.39, 0.29) is 5.91 Å². The molecule has 0 aliphatic rings. The lowest BCUT2D eigenvalue weighted by molar-refractivity contribution is 0.0951. The fourth-order valence-corrected chi connectivity index (χ4v) is 1.67. The number of pyridine rings is 1. The molecule has 1 aromatic carbocycles. The van der Waals surface area contributed by atoms with Crippen molar-refractivity contribution < 1.29 is 14.3 Å². The fraction of sp³-hybridized carbons (Fsp3) is 0.133. The zero-order valence-electron chi connectivity index (χ0n) is 11.7. The van der Waals surface area contributed by atoms with E-state index in [1.54, 1.807) is 42.7 Å². The molecule has 0 unspecified atom stereocenters. The van der Waals surface area contributed by atoms with Crippen LogP contribution in [0.1, 0.15) is 15.9 Å². The number of hydrogen-bond acceptors (Lipinski definition) is 5. The standard InChI is InChI=1S/C15H15N3O3/c1-20-12-3-4-14(21-2)13(9-12)15(19)18-17-10-11-5-7-16-8-6-11/h3-10H,1-2H3,(H,18,19). The number of hydrogen-bond donors (Lipinski definition) is 1. The molecule has 0 saturated carbocycles. The average molecular weight is 285 g/mol. The van der Waals surface area contributed by atoms with Gasteiger partial charge in [0.05, 0.1) is 26.0 Å². The van der Waals surface area contributed by atoms with Gasteiger partial charge in [-0.15, -0.1) is 0 Å². The van der Waals surface area contributed by atoms with Crippen molar-refractivity contribution in [3.8, 4) is 11.5 Å². The van der Waals surface area contributed by atoms with Crippen LogP contribution in [0.5, 0.6) is 11.5 Å². The summed E-state index contributed by atoms with van der Waals surface area (Å²) >= 11 is 0. The topological polar surface area (TPSA) is 72.8 Å². The first-order valence-electron chi connectivity index (χ1n) is 6.20. The molecule has 1 heterocycles. The molecule has 0 bridgehead atoms. The van der Waals surface area contributed by atoms with Gasteiger partial charge in [-0.1, -0.05) is 0 Å². The highest BCUT2D eigenvalue weighted by atomic mass is 16.5. The minimum atomic E-state index is -0.379. The lowest BCUT2D eigenvalue weighted by Crippen LogP contribution is -2.18. The summed E-state index contributed by atoms with van der Waals surface area (Å²) in [6.45, 7) is 0. The number of amides is 1. The van der Waals surface area contributed by atoms with Gasteiger partial charge in [-0.2, -0.15) is 5.10 Å². The third-order valence-electron chi connectivity index (χ3n) is 2.74. The van der Waals surface area contributed by atoms with Crippen LogP contribution in [-0.4, -0.2) is 31.3 Å². The Labute approximate surface area is 122 Å². The normalized spacial score (nSPS) is 10.4. The molecule has 6 nitrogen and oxygen atoms in total. The Bertz CT molecular complexity index is 642. The zero-order chi connectivity index (χ0) is 15.1. The molecule has 2 aromatic rings. The van der Waals surface area contributed by atoms with E-state index in [1.165, 1.54) is 20.4 Å². The Morgan fingerprint density at radius 2 is 1.95 bits per heavy atom. The quantitative estimate of drug-likeness (QED) is 0.672. The highest BCUT2D eigenvalue weighted by Gasteiger charge is 2.12. The van der Waals surface area contributed by atoms with Crippen LogP contribution in [0.15, 0.2) is 47.8 Å². The largest absolute Gasteiger partial charge is 0.497 e. The third-order valence-corrected chi connectivity index (χ3v) is 2.74. The second kappa shape index (κ2) is 7.04. The molecule has 2 rings (SSSR count). The molecule has 0 fully saturated rings. The average Bonchev–Trinajstić information content (AvgIpc) is 2.55. The molecule has 0 aliphatic carbocycles. The number of ether oxygens (including phenoxy) is 2. The Kier molecular flexibility index (Phi) is 4.87. The molecule has 0 atom stereocenters. The molecular formula is C15H15N3O3. The summed E-state index contributed by atoms with van der Waals surface area (Å²) in [7, 11) is 3.03. The number of nitrogens with one attached hydrogen (secondary N) is 1. The van der Waals surface area contributed by atoms with Crippen molar-refractivity contribution in [1.82, 2.24) is 10.4 Å². The minimum absolute atomic E-state index is 0.351. The van der Waals surface area contributed by atoms with Gasteiger partial charge in [0.25, 0.3) is 5.91 Å². The molecule has 0 saturated heterocycles. The molecule has 0 aliphatic heterocycles. The molecule has 1 N–H and O–H groups in total. The summed E-state index contributed by atoms with van der Waals surface area (Å²) in [5.41, 5.74) is 3.63. The predicted octanol–water partition coefficient (Wildman–Crippen LogP) is 1.86. The van der Waals surface area contributed by atoms with Gasteiger partial charge in [-0.05, 0) is 35.9 Å². The van der Waals surface area contributed by atoms with Crippen molar-refractivity contribution >= 4 is 12.1 Å². The van der Waals surface area contributed by atoms with Crippen LogP contribution in [-0.2, 0) is 0 Å². The monoisotopic (exact) mass is 285 g/mol. The first-order chi connectivity index (χ1) is 10.2. The van der Waals surface area contributed by atoms with Crippen LogP contribution in [0.25, 0.3) is 0 Å². The Morgan fingerprint density at radius 3 is 2.62 bits per heavy atom. The summed E-state index contributed by atoms with van der Waals surface area (Å²) in [5, 5.41) is 3.90. The summed E-state index contributed by atoms with van der Waals surface area (Å²) in [4.78, 5) is 16.0. The lowest BCUT2D eigenvalue weighted by Gasteiger charge is -2.08. The highest BCUT2D eigenvalue weighted by Crippen LogP contribution is 2.23. The van der Waals surface area contributed by atoms with E-state index in [0.29, 0.717) is 17.1 Å². The predicted molar refractivity (Wildman–Crippen MR) is 78.8 cm³/mol. The molecule has 1 amide bonds. The number of carbonyl (C=O) groups is 1. The number of carbonyl (C=O) groups excluding carboxylic acids is 1. The van der Waals surface area contributed by atoms with Crippen molar-refractivity contribution in [2.45, 2.75) is 0 Å². The van der Waals surface area contributed by atoms with Crippen LogP contribution < -0.4 is 14.9 Å². The SMILES string of the molecule is COc1ccc(OC)c(C(=O)NN=Cc2ccncc2)c1. The van der Waals surface area contributed by atoms with Crippen LogP contribution in [0.3, 0.4) is 0 Å². The van der Waals surface area contributed by atoms with Gasteiger partial charge in [0.2, 0.25) is 0 Å². The highest BCUT2D eigenvalue weighted by molar-refractivity contribution is 5.97. The number of methoxy groups -OCH3 is 2. The maximum atomic E-state index is 12.1. The smallest absolute Gasteiger partial charge is 0.275 e. The number of benzene rings is 1. The van der Waals surface area contributed by atoms with E-state index in [9.17, 15) is 4.79 Å². The summed E-state index contributed by atoms with van der Waals surface area (Å²) in [6.07, 6.45) is 4.83. The van der Waals surface area contributed by atoms with Crippen LogP contribution in [0.2, 0.25) is 0 Å². The van der Waals surface area contributed by atoms with E-state index in [1.807, 2.05) is 0 Å². The van der Waals surface area contributed by atoms with Crippen LogP contribution in [0.4, 0.5) is 0 Å². The Morgan fingerprint density at radius 1 is 1.19 bits per heavy atom. The first kappa shape index (κ1) is 14.5.